The Kier molecular flexibility index (Phi) is 9.05. The van der Waals surface area contributed by atoms with Gasteiger partial charge in [-0.2, -0.15) is 0 Å². The van der Waals surface area contributed by atoms with Crippen LogP contribution in [0.25, 0.3) is 10.9 Å². The number of aryl methyl sites for hydroxylation is 2. The van der Waals surface area contributed by atoms with E-state index >= 15 is 0 Å². The minimum atomic E-state index is -0.764. The molecule has 5 rings (SSSR count). The van der Waals surface area contributed by atoms with Crippen molar-refractivity contribution in [2.75, 3.05) is 26.2 Å². The molecule has 3 heterocycles. The lowest BCUT2D eigenvalue weighted by atomic mass is 10.0. The van der Waals surface area contributed by atoms with Gasteiger partial charge >= 0.3 is 0 Å². The lowest BCUT2D eigenvalue weighted by Gasteiger charge is -2.32. The predicted molar refractivity (Wildman–Crippen MR) is 162 cm³/mol. The molecule has 0 aliphatic carbocycles. The van der Waals surface area contributed by atoms with Crippen molar-refractivity contribution in [3.8, 4) is 0 Å². The number of para-hydroxylation sites is 1. The number of fused-ring (bicyclic) bond motifs is 4. The van der Waals surface area contributed by atoms with Crippen molar-refractivity contribution in [1.82, 2.24) is 25.0 Å². The second-order valence-corrected chi connectivity index (χ2v) is 12.1. The summed E-state index contributed by atoms with van der Waals surface area (Å²) in [6.45, 7) is 4.39. The molecular weight excluding hydrogens is 573 g/mol. The van der Waals surface area contributed by atoms with E-state index in [1.54, 1.807) is 29.8 Å². The van der Waals surface area contributed by atoms with Crippen LogP contribution in [-0.2, 0) is 23.1 Å². The molecule has 2 aliphatic heterocycles. The van der Waals surface area contributed by atoms with E-state index in [2.05, 4.69) is 10.6 Å². The Labute approximate surface area is 255 Å². The van der Waals surface area contributed by atoms with Gasteiger partial charge in [-0.1, -0.05) is 43.6 Å². The lowest BCUT2D eigenvalue weighted by Crippen LogP contribution is -2.55. The highest BCUT2D eigenvalue weighted by atomic mass is 35.5. The smallest absolute Gasteiger partial charge is 0.271 e. The second-order valence-electron chi connectivity index (χ2n) is 11.7. The zero-order valence-electron chi connectivity index (χ0n) is 24.7. The van der Waals surface area contributed by atoms with Crippen LogP contribution < -0.4 is 10.6 Å². The molecule has 0 spiro atoms. The van der Waals surface area contributed by atoms with Crippen LogP contribution in [0.2, 0.25) is 5.02 Å². The zero-order valence-corrected chi connectivity index (χ0v) is 25.4. The third-order valence-corrected chi connectivity index (χ3v) is 8.74. The Morgan fingerprint density at radius 1 is 1.09 bits per heavy atom. The summed E-state index contributed by atoms with van der Waals surface area (Å²) in [5.41, 5.74) is 1.78. The van der Waals surface area contributed by atoms with Crippen LogP contribution in [0.4, 0.5) is 4.39 Å². The Morgan fingerprint density at radius 3 is 2.63 bits per heavy atom. The number of carbonyl (C=O) groups excluding carboxylic acids is 4. The fraction of sp³-hybridized carbons (Fsp3) is 0.438. The Hall–Kier alpha value is -3.92. The number of hydrogen-bond donors (Lipinski definition) is 2. The van der Waals surface area contributed by atoms with Gasteiger partial charge in [0.25, 0.3) is 11.8 Å². The van der Waals surface area contributed by atoms with Crippen molar-refractivity contribution in [1.29, 1.82) is 0 Å². The average Bonchev–Trinajstić information content (AvgIpc) is 3.59. The third-order valence-electron chi connectivity index (χ3n) is 8.44. The molecule has 2 bridgehead atoms. The van der Waals surface area contributed by atoms with E-state index in [1.165, 1.54) is 21.9 Å². The third kappa shape index (κ3) is 6.39. The molecule has 0 radical (unpaired) electrons. The molecule has 2 N–H and O–H groups in total. The van der Waals surface area contributed by atoms with Crippen LogP contribution in [0.3, 0.4) is 0 Å². The molecule has 1 fully saturated rings. The van der Waals surface area contributed by atoms with E-state index in [0.717, 1.165) is 10.9 Å². The van der Waals surface area contributed by atoms with Gasteiger partial charge in [0, 0.05) is 38.1 Å². The standard InChI is InChI=1S/C32H37ClFN5O4/c1-19(2)25-17-38(32(43)27-16-21-8-4-9-23(33)29(21)37(27)3)18-28(40)35-13-5-7-20-11-12-24(34)22(15-20)31(42)39-14-6-10-26(39)30(41)36-25/h4,8-9,11-12,15-16,19,25-26H,5-7,10,13-14,17-18H2,1-3H3,(H,35,40)(H,36,41)/t25-,26-/m0/s1. The summed E-state index contributed by atoms with van der Waals surface area (Å²) in [6, 6.07) is 10.4. The summed E-state index contributed by atoms with van der Waals surface area (Å²) < 4.78 is 16.5. The van der Waals surface area contributed by atoms with E-state index in [0.29, 0.717) is 55.0 Å². The van der Waals surface area contributed by atoms with Gasteiger partial charge in [-0.25, -0.2) is 4.39 Å². The molecule has 2 aliphatic rings. The van der Waals surface area contributed by atoms with Gasteiger partial charge in [0.15, 0.2) is 0 Å². The van der Waals surface area contributed by atoms with Gasteiger partial charge in [-0.05, 0) is 61.4 Å². The van der Waals surface area contributed by atoms with Gasteiger partial charge in [0.2, 0.25) is 11.8 Å². The number of nitrogens with one attached hydrogen (secondary N) is 2. The van der Waals surface area contributed by atoms with Crippen LogP contribution in [0, 0.1) is 11.7 Å². The van der Waals surface area contributed by atoms with Gasteiger partial charge in [0.05, 0.1) is 22.6 Å². The summed E-state index contributed by atoms with van der Waals surface area (Å²) in [5, 5.41) is 7.23. The fourth-order valence-corrected chi connectivity index (χ4v) is 6.28. The highest BCUT2D eigenvalue weighted by Crippen LogP contribution is 2.27. The maximum Gasteiger partial charge on any atom is 0.271 e. The van der Waals surface area contributed by atoms with Crippen molar-refractivity contribution < 1.29 is 23.6 Å². The first-order valence-electron chi connectivity index (χ1n) is 14.7. The molecule has 1 saturated heterocycles. The van der Waals surface area contributed by atoms with Crippen LogP contribution in [0.5, 0.6) is 0 Å². The minimum absolute atomic E-state index is 0.0576. The summed E-state index contributed by atoms with van der Waals surface area (Å²) in [4.78, 5) is 57.2. The largest absolute Gasteiger partial charge is 0.355 e. The van der Waals surface area contributed by atoms with Gasteiger partial charge in [-0.15, -0.1) is 0 Å². The Bertz CT molecular complexity index is 1570. The minimum Gasteiger partial charge on any atom is -0.355 e. The Balaban J connectivity index is 1.48. The number of carbonyl (C=O) groups is 4. The van der Waals surface area contributed by atoms with Crippen molar-refractivity contribution in [2.24, 2.45) is 13.0 Å². The molecule has 4 amide bonds. The summed E-state index contributed by atoms with van der Waals surface area (Å²) >= 11 is 6.44. The van der Waals surface area contributed by atoms with Gasteiger partial charge < -0.3 is 25.0 Å². The maximum atomic E-state index is 14.8. The highest BCUT2D eigenvalue weighted by Gasteiger charge is 2.37. The molecule has 2 atom stereocenters. The first kappa shape index (κ1) is 30.5. The van der Waals surface area contributed by atoms with E-state index < -0.39 is 23.8 Å². The van der Waals surface area contributed by atoms with Gasteiger partial charge in [0.1, 0.15) is 17.6 Å². The molecule has 3 aromatic rings. The van der Waals surface area contributed by atoms with E-state index in [-0.39, 0.29) is 42.3 Å². The number of amides is 4. The summed E-state index contributed by atoms with van der Waals surface area (Å²) in [5.74, 6) is -2.31. The van der Waals surface area contributed by atoms with E-state index in [1.807, 2.05) is 26.0 Å². The van der Waals surface area contributed by atoms with Gasteiger partial charge in [-0.3, -0.25) is 19.2 Å². The number of benzene rings is 2. The summed E-state index contributed by atoms with van der Waals surface area (Å²) in [7, 11) is 1.76. The number of rotatable bonds is 2. The quantitative estimate of drug-likeness (QED) is 0.460. The first-order valence-corrected chi connectivity index (χ1v) is 15.1. The van der Waals surface area contributed by atoms with Crippen LogP contribution in [-0.4, -0.2) is 76.3 Å². The number of halogens is 2. The topological polar surface area (TPSA) is 104 Å². The molecule has 9 nitrogen and oxygen atoms in total. The predicted octanol–water partition coefficient (Wildman–Crippen LogP) is 3.92. The zero-order chi connectivity index (χ0) is 30.8. The normalized spacial score (nSPS) is 20.7. The van der Waals surface area contributed by atoms with Crippen molar-refractivity contribution in [2.45, 2.75) is 51.6 Å². The highest BCUT2D eigenvalue weighted by molar-refractivity contribution is 6.35. The summed E-state index contributed by atoms with van der Waals surface area (Å²) in [6.07, 6.45) is 2.14. The number of nitrogens with zero attached hydrogens (tertiary/aromatic N) is 3. The molecule has 0 unspecified atom stereocenters. The van der Waals surface area contributed by atoms with Crippen LogP contribution >= 0.6 is 11.6 Å². The molecule has 11 heteroatoms. The van der Waals surface area contributed by atoms with Crippen LogP contribution in [0.1, 0.15) is 59.5 Å². The lowest BCUT2D eigenvalue weighted by molar-refractivity contribution is -0.126. The van der Waals surface area contributed by atoms with E-state index in [4.69, 9.17) is 11.6 Å². The van der Waals surface area contributed by atoms with Crippen molar-refractivity contribution >= 4 is 46.1 Å². The number of aromatic nitrogens is 1. The Morgan fingerprint density at radius 2 is 1.88 bits per heavy atom. The van der Waals surface area contributed by atoms with Crippen molar-refractivity contribution in [3.05, 3.63) is 70.1 Å². The van der Waals surface area contributed by atoms with Crippen molar-refractivity contribution in [3.63, 3.8) is 0 Å². The second kappa shape index (κ2) is 12.8. The maximum absolute atomic E-state index is 14.8. The number of hydrogen-bond acceptors (Lipinski definition) is 4. The monoisotopic (exact) mass is 609 g/mol. The molecule has 1 aromatic heterocycles. The SMILES string of the molecule is CC(C)[C@@H]1CN(C(=O)c2cc3cccc(Cl)c3n2C)CC(=O)NCCCc2ccc(F)c(c2)C(=O)N2CCC[C@H]2C(=O)N1. The van der Waals surface area contributed by atoms with Crippen LogP contribution in [0.15, 0.2) is 42.5 Å². The molecule has 43 heavy (non-hydrogen) atoms. The molecular formula is C32H37ClFN5O4. The molecule has 2 aromatic carbocycles. The average molecular weight is 610 g/mol. The van der Waals surface area contributed by atoms with E-state index in [9.17, 15) is 23.6 Å². The fourth-order valence-electron chi connectivity index (χ4n) is 5.97. The molecule has 228 valence electrons. The molecule has 0 saturated carbocycles. The first-order chi connectivity index (χ1) is 20.5.